The van der Waals surface area contributed by atoms with Crippen LogP contribution in [-0.4, -0.2) is 41.5 Å². The molecule has 86 valence electrons. The fourth-order valence-electron chi connectivity index (χ4n) is 2.69. The summed E-state index contributed by atoms with van der Waals surface area (Å²) in [5, 5.41) is 5.33. The van der Waals surface area contributed by atoms with Crippen molar-refractivity contribution in [1.82, 2.24) is 15.2 Å². The van der Waals surface area contributed by atoms with Gasteiger partial charge >= 0.3 is 0 Å². The molecule has 2 aliphatic rings. The molecule has 16 heavy (non-hydrogen) atoms. The van der Waals surface area contributed by atoms with Crippen LogP contribution in [0.1, 0.15) is 23.3 Å². The van der Waals surface area contributed by atoms with Crippen LogP contribution in [0.2, 0.25) is 0 Å². The summed E-state index contributed by atoms with van der Waals surface area (Å²) >= 11 is 1.48. The van der Waals surface area contributed by atoms with Gasteiger partial charge < -0.3 is 10.2 Å². The fraction of sp³-hybridized carbons (Fsp3) is 0.636. The van der Waals surface area contributed by atoms with Crippen molar-refractivity contribution in [1.29, 1.82) is 0 Å². The molecule has 1 N–H and O–H groups in total. The van der Waals surface area contributed by atoms with E-state index in [1.54, 1.807) is 5.51 Å². The summed E-state index contributed by atoms with van der Waals surface area (Å²) in [5.74, 6) is 0.744. The highest BCUT2D eigenvalue weighted by atomic mass is 32.1. The van der Waals surface area contributed by atoms with E-state index in [9.17, 15) is 4.79 Å². The van der Waals surface area contributed by atoms with Gasteiger partial charge in [0.25, 0.3) is 5.91 Å². The number of aromatic nitrogens is 1. The lowest BCUT2D eigenvalue weighted by molar-refractivity contribution is 0.0780. The number of thiazole rings is 1. The predicted octanol–water partition coefficient (Wildman–Crippen LogP) is 0.967. The largest absolute Gasteiger partial charge is 0.335 e. The van der Waals surface area contributed by atoms with Crippen LogP contribution in [0.25, 0.3) is 0 Å². The second-order valence-corrected chi connectivity index (χ2v) is 5.27. The topological polar surface area (TPSA) is 45.2 Å². The summed E-state index contributed by atoms with van der Waals surface area (Å²) in [7, 11) is 0. The highest BCUT2D eigenvalue weighted by molar-refractivity contribution is 7.07. The van der Waals surface area contributed by atoms with Gasteiger partial charge in [-0.15, -0.1) is 11.3 Å². The summed E-state index contributed by atoms with van der Waals surface area (Å²) in [6.07, 6.45) is 2.48. The summed E-state index contributed by atoms with van der Waals surface area (Å²) < 4.78 is 0. The molecule has 1 aromatic rings. The minimum atomic E-state index is 0.0949. The van der Waals surface area contributed by atoms with Gasteiger partial charge in [-0.2, -0.15) is 0 Å². The van der Waals surface area contributed by atoms with E-state index < -0.39 is 0 Å². The Morgan fingerprint density at radius 3 is 3.25 bits per heavy atom. The third-order valence-corrected chi connectivity index (χ3v) is 4.12. The number of piperidine rings is 1. The standard InChI is InChI=1S/C11H15N3OS/c15-11(10-6-16-7-13-10)14-4-8-2-1-3-12-9(8)5-14/h6-9,12H,1-5H2. The van der Waals surface area contributed by atoms with Crippen LogP contribution >= 0.6 is 11.3 Å². The van der Waals surface area contributed by atoms with E-state index in [-0.39, 0.29) is 5.91 Å². The maximum atomic E-state index is 12.1. The van der Waals surface area contributed by atoms with Crippen LogP contribution in [0, 0.1) is 5.92 Å². The smallest absolute Gasteiger partial charge is 0.273 e. The fourth-order valence-corrected chi connectivity index (χ4v) is 3.22. The van der Waals surface area contributed by atoms with Gasteiger partial charge in [0.2, 0.25) is 0 Å². The summed E-state index contributed by atoms with van der Waals surface area (Å²) in [4.78, 5) is 18.1. The molecule has 4 nitrogen and oxygen atoms in total. The zero-order valence-corrected chi connectivity index (χ0v) is 9.87. The van der Waals surface area contributed by atoms with Gasteiger partial charge in [-0.05, 0) is 25.3 Å². The molecular formula is C11H15N3OS. The molecule has 0 saturated carbocycles. The van der Waals surface area contributed by atoms with Crippen LogP contribution in [-0.2, 0) is 0 Å². The maximum Gasteiger partial charge on any atom is 0.273 e. The highest BCUT2D eigenvalue weighted by Crippen LogP contribution is 2.25. The molecule has 2 unspecified atom stereocenters. The number of amides is 1. The molecule has 0 aromatic carbocycles. The minimum absolute atomic E-state index is 0.0949. The normalized spacial score (nSPS) is 29.1. The molecule has 0 spiro atoms. The molecule has 0 radical (unpaired) electrons. The molecule has 1 aromatic heterocycles. The third kappa shape index (κ3) is 1.74. The number of carbonyl (C=O) groups excluding carboxylic acids is 1. The molecule has 2 aliphatic heterocycles. The van der Waals surface area contributed by atoms with Crippen molar-refractivity contribution in [2.45, 2.75) is 18.9 Å². The second kappa shape index (κ2) is 4.14. The van der Waals surface area contributed by atoms with Crippen molar-refractivity contribution in [2.75, 3.05) is 19.6 Å². The SMILES string of the molecule is O=C(c1cscn1)N1CC2CCCNC2C1. The van der Waals surface area contributed by atoms with E-state index in [2.05, 4.69) is 10.3 Å². The third-order valence-electron chi connectivity index (χ3n) is 3.54. The molecule has 0 aliphatic carbocycles. The lowest BCUT2D eigenvalue weighted by atomic mass is 9.94. The number of likely N-dealkylation sites (tertiary alicyclic amines) is 1. The van der Waals surface area contributed by atoms with Crippen molar-refractivity contribution in [3.63, 3.8) is 0 Å². The van der Waals surface area contributed by atoms with E-state index in [0.717, 1.165) is 19.6 Å². The van der Waals surface area contributed by atoms with Gasteiger partial charge in [-0.1, -0.05) is 0 Å². The average Bonchev–Trinajstić information content (AvgIpc) is 2.97. The summed E-state index contributed by atoms with van der Waals surface area (Å²) in [5.41, 5.74) is 2.32. The first kappa shape index (κ1) is 10.2. The van der Waals surface area contributed by atoms with Gasteiger partial charge in [0.05, 0.1) is 5.51 Å². The van der Waals surface area contributed by atoms with Gasteiger partial charge in [-0.25, -0.2) is 4.98 Å². The summed E-state index contributed by atoms with van der Waals surface area (Å²) in [6.45, 7) is 2.84. The average molecular weight is 237 g/mol. The van der Waals surface area contributed by atoms with Crippen molar-refractivity contribution in [3.8, 4) is 0 Å². The maximum absolute atomic E-state index is 12.1. The minimum Gasteiger partial charge on any atom is -0.335 e. The number of carbonyl (C=O) groups is 1. The molecule has 2 atom stereocenters. The Kier molecular flexibility index (Phi) is 2.65. The van der Waals surface area contributed by atoms with Crippen molar-refractivity contribution < 1.29 is 4.79 Å². The van der Waals surface area contributed by atoms with E-state index >= 15 is 0 Å². The Balaban J connectivity index is 1.71. The number of nitrogens with one attached hydrogen (secondary N) is 1. The number of nitrogens with zero attached hydrogens (tertiary/aromatic N) is 2. The Hall–Kier alpha value is -0.940. The van der Waals surface area contributed by atoms with E-state index in [0.29, 0.717) is 17.7 Å². The number of fused-ring (bicyclic) bond motifs is 1. The number of hydrogen-bond acceptors (Lipinski definition) is 4. The molecule has 2 saturated heterocycles. The van der Waals surface area contributed by atoms with Crippen LogP contribution in [0.15, 0.2) is 10.9 Å². The van der Waals surface area contributed by atoms with Crippen LogP contribution in [0.4, 0.5) is 0 Å². The monoisotopic (exact) mass is 237 g/mol. The van der Waals surface area contributed by atoms with Crippen molar-refractivity contribution in [3.05, 3.63) is 16.6 Å². The molecular weight excluding hydrogens is 222 g/mol. The first-order valence-electron chi connectivity index (χ1n) is 5.75. The van der Waals surface area contributed by atoms with Gasteiger partial charge in [0, 0.05) is 24.5 Å². The summed E-state index contributed by atoms with van der Waals surface area (Å²) in [6, 6.07) is 0.510. The van der Waals surface area contributed by atoms with Gasteiger partial charge in [-0.3, -0.25) is 4.79 Å². The number of hydrogen-bond donors (Lipinski definition) is 1. The zero-order chi connectivity index (χ0) is 11.0. The highest BCUT2D eigenvalue weighted by Gasteiger charge is 2.36. The molecule has 3 heterocycles. The molecule has 3 rings (SSSR count). The lowest BCUT2D eigenvalue weighted by Crippen LogP contribution is -2.41. The zero-order valence-electron chi connectivity index (χ0n) is 9.06. The Morgan fingerprint density at radius 2 is 2.50 bits per heavy atom. The quantitative estimate of drug-likeness (QED) is 0.791. The number of rotatable bonds is 1. The first-order chi connectivity index (χ1) is 7.84. The molecule has 2 fully saturated rings. The Bertz CT molecular complexity index is 365. The van der Waals surface area contributed by atoms with Crippen LogP contribution in [0.3, 0.4) is 0 Å². The van der Waals surface area contributed by atoms with Crippen LogP contribution in [0.5, 0.6) is 0 Å². The molecule has 0 bridgehead atoms. The Labute approximate surface area is 98.7 Å². The predicted molar refractivity (Wildman–Crippen MR) is 62.5 cm³/mol. The lowest BCUT2D eigenvalue weighted by Gasteiger charge is -2.24. The van der Waals surface area contributed by atoms with E-state index in [4.69, 9.17) is 0 Å². The van der Waals surface area contributed by atoms with Crippen LogP contribution < -0.4 is 5.32 Å². The molecule has 1 amide bonds. The second-order valence-electron chi connectivity index (χ2n) is 4.55. The molecule has 5 heteroatoms. The van der Waals surface area contributed by atoms with Gasteiger partial charge in [0.15, 0.2) is 0 Å². The van der Waals surface area contributed by atoms with E-state index in [1.807, 2.05) is 10.3 Å². The van der Waals surface area contributed by atoms with Gasteiger partial charge in [0.1, 0.15) is 5.69 Å². The Morgan fingerprint density at radius 1 is 1.56 bits per heavy atom. The van der Waals surface area contributed by atoms with Crippen molar-refractivity contribution >= 4 is 17.2 Å². The van der Waals surface area contributed by atoms with Crippen molar-refractivity contribution in [2.24, 2.45) is 5.92 Å². The van der Waals surface area contributed by atoms with E-state index in [1.165, 1.54) is 24.2 Å². The first-order valence-corrected chi connectivity index (χ1v) is 6.70.